The van der Waals surface area contributed by atoms with E-state index in [4.69, 9.17) is 9.47 Å². The molecule has 0 aliphatic heterocycles. The lowest BCUT2D eigenvalue weighted by molar-refractivity contribution is 0.0950. The van der Waals surface area contributed by atoms with Crippen molar-refractivity contribution in [3.8, 4) is 11.5 Å². The molecule has 2 aromatic heterocycles. The molecule has 1 amide bonds. The number of carbonyl (C=O) groups excluding carboxylic acids is 1. The molecule has 9 heteroatoms. The van der Waals surface area contributed by atoms with Crippen LogP contribution in [-0.2, 0) is 19.2 Å². The normalized spacial score (nSPS) is 10.6. The van der Waals surface area contributed by atoms with E-state index in [0.29, 0.717) is 30.0 Å². The minimum Gasteiger partial charge on any atom is -0.497 e. The molecule has 0 saturated heterocycles. The topological polar surface area (TPSA) is 91.2 Å². The molecule has 2 heterocycles. The average Bonchev–Trinajstić information content (AvgIpc) is 3.11. The Balaban J connectivity index is 1.56. The van der Waals surface area contributed by atoms with Crippen LogP contribution < -0.4 is 14.8 Å². The Morgan fingerprint density at radius 1 is 1.17 bits per heavy atom. The minimum absolute atomic E-state index is 0.229. The summed E-state index contributed by atoms with van der Waals surface area (Å²) < 4.78 is 12.4. The van der Waals surface area contributed by atoms with Crippen LogP contribution in [0, 0.1) is 0 Å². The van der Waals surface area contributed by atoms with Crippen molar-refractivity contribution in [2.45, 2.75) is 17.3 Å². The maximum absolute atomic E-state index is 12.5. The van der Waals surface area contributed by atoms with Crippen LogP contribution in [0.15, 0.2) is 47.8 Å². The number of aromatic nitrogens is 4. The van der Waals surface area contributed by atoms with Crippen molar-refractivity contribution in [1.82, 2.24) is 25.1 Å². The second kappa shape index (κ2) is 9.92. The second-order valence-corrected chi connectivity index (χ2v) is 7.08. The third kappa shape index (κ3) is 5.26. The number of amides is 1. The molecule has 0 saturated carbocycles. The Morgan fingerprint density at radius 2 is 2.03 bits per heavy atom. The summed E-state index contributed by atoms with van der Waals surface area (Å²) in [6.07, 6.45) is 2.34. The summed E-state index contributed by atoms with van der Waals surface area (Å²) in [5.41, 5.74) is 1.41. The van der Waals surface area contributed by atoms with Gasteiger partial charge in [0.25, 0.3) is 5.91 Å². The lowest BCUT2D eigenvalue weighted by atomic mass is 10.1. The molecule has 0 aliphatic carbocycles. The molecule has 29 heavy (non-hydrogen) atoms. The van der Waals surface area contributed by atoms with Crippen LogP contribution in [0.2, 0.25) is 0 Å². The molecule has 1 N–H and O–H groups in total. The first kappa shape index (κ1) is 20.7. The van der Waals surface area contributed by atoms with Gasteiger partial charge in [-0.1, -0.05) is 17.8 Å². The molecule has 1 aromatic carbocycles. The molecular weight excluding hydrogens is 390 g/mol. The Labute approximate surface area is 173 Å². The van der Waals surface area contributed by atoms with E-state index in [-0.39, 0.29) is 5.91 Å². The number of thioether (sulfide) groups is 1. The van der Waals surface area contributed by atoms with Gasteiger partial charge in [0.05, 0.1) is 25.5 Å². The minimum atomic E-state index is -0.229. The van der Waals surface area contributed by atoms with Gasteiger partial charge in [-0.3, -0.25) is 9.78 Å². The van der Waals surface area contributed by atoms with Crippen LogP contribution in [0.3, 0.4) is 0 Å². The summed E-state index contributed by atoms with van der Waals surface area (Å²) in [5, 5.41) is 12.2. The third-order valence-corrected chi connectivity index (χ3v) is 5.34. The fourth-order valence-electron chi connectivity index (χ4n) is 2.69. The van der Waals surface area contributed by atoms with Crippen LogP contribution >= 0.6 is 11.8 Å². The van der Waals surface area contributed by atoms with Crippen molar-refractivity contribution >= 4 is 17.7 Å². The molecule has 0 unspecified atom stereocenters. The zero-order valence-electron chi connectivity index (χ0n) is 16.6. The zero-order valence-corrected chi connectivity index (χ0v) is 17.4. The van der Waals surface area contributed by atoms with Gasteiger partial charge in [-0.15, -0.1) is 10.2 Å². The number of rotatable bonds is 9. The molecule has 0 atom stereocenters. The highest BCUT2D eigenvalue weighted by Crippen LogP contribution is 2.24. The quantitative estimate of drug-likeness (QED) is 0.539. The van der Waals surface area contributed by atoms with Gasteiger partial charge in [0, 0.05) is 32.0 Å². The van der Waals surface area contributed by atoms with Gasteiger partial charge in [-0.2, -0.15) is 0 Å². The highest BCUT2D eigenvalue weighted by molar-refractivity contribution is 7.98. The number of ether oxygens (including phenoxy) is 2. The summed E-state index contributed by atoms with van der Waals surface area (Å²) >= 11 is 1.58. The smallest absolute Gasteiger partial charge is 0.255 e. The standard InChI is InChI=1S/C20H23N5O3S/c1-25-18(23-24-20(25)29-13-14-6-4-5-10-21-14)9-11-22-19(26)16-12-15(27-2)7-8-17(16)28-3/h4-8,10,12H,9,11,13H2,1-3H3,(H,22,26). The van der Waals surface area contributed by atoms with E-state index in [1.165, 1.54) is 7.11 Å². The number of methoxy groups -OCH3 is 2. The fraction of sp³-hybridized carbons (Fsp3) is 0.300. The van der Waals surface area contributed by atoms with Crippen LogP contribution in [0.4, 0.5) is 0 Å². The predicted molar refractivity (Wildman–Crippen MR) is 110 cm³/mol. The van der Waals surface area contributed by atoms with E-state index in [1.54, 1.807) is 43.3 Å². The molecule has 0 bridgehead atoms. The maximum Gasteiger partial charge on any atom is 0.255 e. The van der Waals surface area contributed by atoms with E-state index in [2.05, 4.69) is 20.5 Å². The highest BCUT2D eigenvalue weighted by atomic mass is 32.2. The summed E-state index contributed by atoms with van der Waals surface area (Å²) in [6.45, 7) is 0.427. The monoisotopic (exact) mass is 413 g/mol. The third-order valence-electron chi connectivity index (χ3n) is 4.29. The van der Waals surface area contributed by atoms with Crippen LogP contribution in [0.5, 0.6) is 11.5 Å². The number of pyridine rings is 1. The van der Waals surface area contributed by atoms with Crippen molar-refractivity contribution in [3.05, 3.63) is 59.7 Å². The predicted octanol–water partition coefficient (Wildman–Crippen LogP) is 2.49. The van der Waals surface area contributed by atoms with Crippen molar-refractivity contribution in [2.75, 3.05) is 20.8 Å². The molecule has 0 radical (unpaired) electrons. The second-order valence-electron chi connectivity index (χ2n) is 6.14. The summed E-state index contributed by atoms with van der Waals surface area (Å²) in [5.74, 6) is 2.38. The molecular formula is C20H23N5O3S. The van der Waals surface area contributed by atoms with Gasteiger partial charge in [0.15, 0.2) is 5.16 Å². The van der Waals surface area contributed by atoms with Crippen molar-refractivity contribution in [3.63, 3.8) is 0 Å². The fourth-order valence-corrected chi connectivity index (χ4v) is 3.53. The van der Waals surface area contributed by atoms with E-state index < -0.39 is 0 Å². The lowest BCUT2D eigenvalue weighted by Gasteiger charge is -2.11. The van der Waals surface area contributed by atoms with E-state index in [1.807, 2.05) is 29.8 Å². The number of hydrogen-bond donors (Lipinski definition) is 1. The average molecular weight is 414 g/mol. The van der Waals surface area contributed by atoms with Gasteiger partial charge in [0.2, 0.25) is 0 Å². The van der Waals surface area contributed by atoms with Crippen LogP contribution in [0.1, 0.15) is 21.9 Å². The first-order valence-corrected chi connectivity index (χ1v) is 10.0. The number of nitrogens with zero attached hydrogens (tertiary/aromatic N) is 4. The Kier molecular flexibility index (Phi) is 7.07. The molecule has 3 aromatic rings. The van der Waals surface area contributed by atoms with Gasteiger partial charge >= 0.3 is 0 Å². The van der Waals surface area contributed by atoms with Crippen molar-refractivity contribution < 1.29 is 14.3 Å². The van der Waals surface area contributed by atoms with Gasteiger partial charge in [-0.25, -0.2) is 0 Å². The number of nitrogens with one attached hydrogen (secondary N) is 1. The Bertz CT molecular complexity index is 962. The van der Waals surface area contributed by atoms with Gasteiger partial charge < -0.3 is 19.4 Å². The van der Waals surface area contributed by atoms with Gasteiger partial charge in [-0.05, 0) is 30.3 Å². The lowest BCUT2D eigenvalue weighted by Crippen LogP contribution is -2.26. The largest absolute Gasteiger partial charge is 0.497 e. The molecule has 3 rings (SSSR count). The molecule has 0 spiro atoms. The van der Waals surface area contributed by atoms with E-state index in [0.717, 1.165) is 22.4 Å². The van der Waals surface area contributed by atoms with E-state index in [9.17, 15) is 4.79 Å². The maximum atomic E-state index is 12.5. The molecule has 0 aliphatic rings. The number of hydrogen-bond acceptors (Lipinski definition) is 7. The molecule has 0 fully saturated rings. The summed E-state index contributed by atoms with van der Waals surface area (Å²) in [6, 6.07) is 10.9. The highest BCUT2D eigenvalue weighted by Gasteiger charge is 2.14. The van der Waals surface area contributed by atoms with E-state index >= 15 is 0 Å². The number of benzene rings is 1. The molecule has 152 valence electrons. The summed E-state index contributed by atoms with van der Waals surface area (Å²) in [4.78, 5) is 16.8. The van der Waals surface area contributed by atoms with Crippen molar-refractivity contribution in [1.29, 1.82) is 0 Å². The first-order valence-electron chi connectivity index (χ1n) is 9.03. The first-order chi connectivity index (χ1) is 14.1. The van der Waals surface area contributed by atoms with Crippen LogP contribution in [-0.4, -0.2) is 46.4 Å². The van der Waals surface area contributed by atoms with Crippen molar-refractivity contribution in [2.24, 2.45) is 7.05 Å². The Morgan fingerprint density at radius 3 is 2.76 bits per heavy atom. The van der Waals surface area contributed by atoms with Crippen LogP contribution in [0.25, 0.3) is 0 Å². The summed E-state index contributed by atoms with van der Waals surface area (Å²) in [7, 11) is 5.01. The Hall–Kier alpha value is -3.07. The zero-order chi connectivity index (χ0) is 20.6. The molecule has 8 nitrogen and oxygen atoms in total. The SMILES string of the molecule is COc1ccc(OC)c(C(=O)NCCc2nnc(SCc3ccccn3)n2C)c1. The van der Waals surface area contributed by atoms with Gasteiger partial charge in [0.1, 0.15) is 17.3 Å². The number of carbonyl (C=O) groups is 1.